The van der Waals surface area contributed by atoms with Crippen LogP contribution in [0.15, 0.2) is 12.1 Å². The lowest BCUT2D eigenvalue weighted by Gasteiger charge is -2.00. The predicted octanol–water partition coefficient (Wildman–Crippen LogP) is 2.39. The molecular weight excluding hydrogens is 190 g/mol. The third-order valence-corrected chi connectivity index (χ3v) is 1.81. The Hall–Kier alpha value is -1.09. The lowest BCUT2D eigenvalue weighted by Crippen LogP contribution is -2.01. The summed E-state index contributed by atoms with van der Waals surface area (Å²) in [6, 6.07) is 3.25. The number of aromatic nitrogens is 1. The Morgan fingerprint density at radius 2 is 2.31 bits per heavy atom. The van der Waals surface area contributed by atoms with Gasteiger partial charge in [-0.1, -0.05) is 24.9 Å². The fourth-order valence-corrected chi connectivity index (χ4v) is 1.32. The first-order chi connectivity index (χ1) is 6.13. The second-order valence-electron chi connectivity index (χ2n) is 2.74. The molecule has 1 rings (SSSR count). The molecule has 1 aromatic rings. The van der Waals surface area contributed by atoms with Gasteiger partial charge in [0.15, 0.2) is 0 Å². The minimum Gasteiger partial charge on any atom is -0.477 e. The first-order valence-electron chi connectivity index (χ1n) is 4.03. The number of halogens is 1. The molecule has 0 radical (unpaired) electrons. The molecule has 70 valence electrons. The van der Waals surface area contributed by atoms with Crippen LogP contribution in [-0.2, 0) is 6.42 Å². The zero-order valence-corrected chi connectivity index (χ0v) is 8.01. The Labute approximate surface area is 81.4 Å². The van der Waals surface area contributed by atoms with E-state index in [0.29, 0.717) is 0 Å². The highest BCUT2D eigenvalue weighted by atomic mass is 35.5. The quantitative estimate of drug-likeness (QED) is 0.761. The Bertz CT molecular complexity index is 325. The number of rotatable bonds is 3. The molecule has 3 nitrogen and oxygen atoms in total. The number of hydrogen-bond donors (Lipinski definition) is 1. The van der Waals surface area contributed by atoms with Crippen LogP contribution in [0.3, 0.4) is 0 Å². The molecule has 0 aromatic carbocycles. The predicted molar refractivity (Wildman–Crippen MR) is 50.2 cm³/mol. The molecular formula is C9H10ClNO2. The van der Waals surface area contributed by atoms with Crippen LogP contribution in [0.4, 0.5) is 0 Å². The van der Waals surface area contributed by atoms with E-state index in [1.54, 1.807) is 12.1 Å². The molecule has 0 aliphatic heterocycles. The fraction of sp³-hybridized carbons (Fsp3) is 0.333. The number of hydrogen-bond acceptors (Lipinski definition) is 2. The van der Waals surface area contributed by atoms with Crippen molar-refractivity contribution in [2.75, 3.05) is 0 Å². The van der Waals surface area contributed by atoms with Gasteiger partial charge in [-0.2, -0.15) is 0 Å². The van der Waals surface area contributed by atoms with Crippen LogP contribution >= 0.6 is 11.6 Å². The largest absolute Gasteiger partial charge is 0.477 e. The van der Waals surface area contributed by atoms with Gasteiger partial charge in [0.2, 0.25) is 0 Å². The van der Waals surface area contributed by atoms with Gasteiger partial charge in [-0.3, -0.25) is 0 Å². The van der Waals surface area contributed by atoms with Crippen molar-refractivity contribution in [2.24, 2.45) is 0 Å². The Morgan fingerprint density at radius 3 is 2.85 bits per heavy atom. The van der Waals surface area contributed by atoms with Crippen molar-refractivity contribution in [3.8, 4) is 0 Å². The minimum absolute atomic E-state index is 0.0101. The van der Waals surface area contributed by atoms with Crippen molar-refractivity contribution >= 4 is 17.6 Å². The first-order valence-corrected chi connectivity index (χ1v) is 4.41. The molecule has 0 fully saturated rings. The maximum Gasteiger partial charge on any atom is 0.354 e. The van der Waals surface area contributed by atoms with Gasteiger partial charge in [0.25, 0.3) is 0 Å². The zero-order valence-electron chi connectivity index (χ0n) is 7.25. The molecule has 0 bridgehead atoms. The van der Waals surface area contributed by atoms with E-state index in [2.05, 4.69) is 4.98 Å². The summed E-state index contributed by atoms with van der Waals surface area (Å²) in [4.78, 5) is 14.3. The number of carbonyl (C=O) groups is 1. The normalized spacial score (nSPS) is 10.0. The maximum atomic E-state index is 10.6. The van der Waals surface area contributed by atoms with E-state index in [4.69, 9.17) is 16.7 Å². The average molecular weight is 200 g/mol. The van der Waals surface area contributed by atoms with Crippen LogP contribution in [0.5, 0.6) is 0 Å². The number of carboxylic acid groups (broad SMARTS) is 1. The fourth-order valence-electron chi connectivity index (χ4n) is 1.09. The molecule has 13 heavy (non-hydrogen) atoms. The van der Waals surface area contributed by atoms with Gasteiger partial charge in [-0.25, -0.2) is 9.78 Å². The summed E-state index contributed by atoms with van der Waals surface area (Å²) in [5.41, 5.74) is 0.927. The molecule has 1 aromatic heterocycles. The molecule has 0 atom stereocenters. The Kier molecular flexibility index (Phi) is 3.25. The molecule has 1 heterocycles. The number of aromatic carboxylic acids is 1. The Morgan fingerprint density at radius 1 is 1.62 bits per heavy atom. The summed E-state index contributed by atoms with van der Waals surface area (Å²) >= 11 is 5.66. The van der Waals surface area contributed by atoms with Gasteiger partial charge < -0.3 is 5.11 Å². The van der Waals surface area contributed by atoms with Crippen LogP contribution in [0.1, 0.15) is 29.4 Å². The van der Waals surface area contributed by atoms with Crippen LogP contribution in [0, 0.1) is 0 Å². The van der Waals surface area contributed by atoms with Crippen molar-refractivity contribution in [2.45, 2.75) is 19.8 Å². The van der Waals surface area contributed by atoms with E-state index in [9.17, 15) is 4.79 Å². The SMILES string of the molecule is CCCc1cc(Cl)nc(C(=O)O)c1. The highest BCUT2D eigenvalue weighted by Gasteiger charge is 2.07. The number of nitrogens with zero attached hydrogens (tertiary/aromatic N) is 1. The van der Waals surface area contributed by atoms with Crippen molar-refractivity contribution in [3.05, 3.63) is 28.5 Å². The van der Waals surface area contributed by atoms with Gasteiger partial charge in [-0.05, 0) is 24.1 Å². The summed E-state index contributed by atoms with van der Waals surface area (Å²) in [7, 11) is 0. The molecule has 0 spiro atoms. The molecule has 1 N–H and O–H groups in total. The van der Waals surface area contributed by atoms with E-state index >= 15 is 0 Å². The Balaban J connectivity index is 3.03. The van der Waals surface area contributed by atoms with E-state index in [-0.39, 0.29) is 10.8 Å². The van der Waals surface area contributed by atoms with E-state index in [1.165, 1.54) is 0 Å². The molecule has 0 aliphatic rings. The summed E-state index contributed by atoms with van der Waals surface area (Å²) < 4.78 is 0. The topological polar surface area (TPSA) is 50.2 Å². The average Bonchev–Trinajstić information content (AvgIpc) is 2.03. The van der Waals surface area contributed by atoms with Crippen LogP contribution < -0.4 is 0 Å². The third-order valence-electron chi connectivity index (χ3n) is 1.61. The van der Waals surface area contributed by atoms with Crippen molar-refractivity contribution in [1.82, 2.24) is 4.98 Å². The number of pyridine rings is 1. The number of carboxylic acids is 1. The van der Waals surface area contributed by atoms with Crippen LogP contribution in [0.2, 0.25) is 5.15 Å². The van der Waals surface area contributed by atoms with Crippen molar-refractivity contribution in [1.29, 1.82) is 0 Å². The van der Waals surface area contributed by atoms with Crippen molar-refractivity contribution < 1.29 is 9.90 Å². The highest BCUT2D eigenvalue weighted by molar-refractivity contribution is 6.29. The molecule has 0 saturated heterocycles. The van der Waals surface area contributed by atoms with Gasteiger partial charge >= 0.3 is 5.97 Å². The summed E-state index contributed by atoms with van der Waals surface area (Å²) in [6.45, 7) is 2.02. The van der Waals surface area contributed by atoms with E-state index in [0.717, 1.165) is 18.4 Å². The standard InChI is InChI=1S/C9H10ClNO2/c1-2-3-6-4-7(9(12)13)11-8(10)5-6/h4-5H,2-3H2,1H3,(H,12,13). The second kappa shape index (κ2) is 4.23. The molecule has 0 aliphatic carbocycles. The lowest BCUT2D eigenvalue weighted by atomic mass is 10.1. The summed E-state index contributed by atoms with van der Waals surface area (Å²) in [5, 5.41) is 8.92. The summed E-state index contributed by atoms with van der Waals surface area (Å²) in [5.74, 6) is -1.04. The summed E-state index contributed by atoms with van der Waals surface area (Å²) in [6.07, 6.45) is 1.78. The maximum absolute atomic E-state index is 10.6. The van der Waals surface area contributed by atoms with Gasteiger partial charge in [0, 0.05) is 0 Å². The smallest absolute Gasteiger partial charge is 0.354 e. The molecule has 0 saturated carbocycles. The molecule has 0 unspecified atom stereocenters. The monoisotopic (exact) mass is 199 g/mol. The van der Waals surface area contributed by atoms with Crippen LogP contribution in [-0.4, -0.2) is 16.1 Å². The van der Waals surface area contributed by atoms with Gasteiger partial charge in [0.1, 0.15) is 10.8 Å². The zero-order chi connectivity index (χ0) is 9.84. The molecule has 0 amide bonds. The second-order valence-corrected chi connectivity index (χ2v) is 3.13. The van der Waals surface area contributed by atoms with E-state index < -0.39 is 5.97 Å². The number of aryl methyl sites for hydroxylation is 1. The highest BCUT2D eigenvalue weighted by Crippen LogP contribution is 2.12. The van der Waals surface area contributed by atoms with E-state index in [1.807, 2.05) is 6.92 Å². The first kappa shape index (κ1) is 9.99. The minimum atomic E-state index is -1.04. The van der Waals surface area contributed by atoms with Crippen LogP contribution in [0.25, 0.3) is 0 Å². The van der Waals surface area contributed by atoms with Gasteiger partial charge in [-0.15, -0.1) is 0 Å². The van der Waals surface area contributed by atoms with Crippen molar-refractivity contribution in [3.63, 3.8) is 0 Å². The third kappa shape index (κ3) is 2.70. The van der Waals surface area contributed by atoms with Gasteiger partial charge in [0.05, 0.1) is 0 Å². The lowest BCUT2D eigenvalue weighted by molar-refractivity contribution is 0.0690. The molecule has 4 heteroatoms.